The minimum atomic E-state index is -2.88. The summed E-state index contributed by atoms with van der Waals surface area (Å²) in [6.07, 6.45) is 4.40. The van der Waals surface area contributed by atoms with Crippen LogP contribution in [0.5, 0.6) is 0 Å². The molecule has 0 saturated carbocycles. The molecular formula is C10H23N3O3S. The molecule has 0 radical (unpaired) electrons. The minimum absolute atomic E-state index is 0.143. The monoisotopic (exact) mass is 265 g/mol. The van der Waals surface area contributed by atoms with Gasteiger partial charge in [0.2, 0.25) is 5.91 Å². The van der Waals surface area contributed by atoms with Crippen LogP contribution in [0.3, 0.4) is 0 Å². The first kappa shape index (κ1) is 16.3. The van der Waals surface area contributed by atoms with Crippen LogP contribution in [0.2, 0.25) is 0 Å². The lowest BCUT2D eigenvalue weighted by Gasteiger charge is -2.15. The molecule has 0 aliphatic carbocycles. The smallest absolute Gasteiger partial charge is 0.233 e. The van der Waals surface area contributed by atoms with E-state index in [-0.39, 0.29) is 11.7 Å². The molecule has 0 aromatic heterocycles. The second-order valence-corrected chi connectivity index (χ2v) is 6.57. The normalized spacial score (nSPS) is 11.8. The number of hydrogen-bond acceptors (Lipinski definition) is 5. The second-order valence-electron chi connectivity index (χ2n) is 4.31. The third-order valence-corrected chi connectivity index (χ3v) is 3.37. The Morgan fingerprint density at radius 1 is 1.24 bits per heavy atom. The maximum Gasteiger partial charge on any atom is 0.233 e. The molecule has 0 bridgehead atoms. The number of carbonyl (C=O) groups is 1. The zero-order valence-corrected chi connectivity index (χ0v) is 11.4. The number of nitrogens with two attached hydrogens (primary N) is 1. The molecule has 102 valence electrons. The van der Waals surface area contributed by atoms with Crippen molar-refractivity contribution in [2.24, 2.45) is 5.84 Å². The van der Waals surface area contributed by atoms with Gasteiger partial charge in [-0.05, 0) is 26.4 Å². The average molecular weight is 265 g/mol. The molecule has 0 saturated heterocycles. The molecule has 3 N–H and O–H groups in total. The van der Waals surface area contributed by atoms with Crippen LogP contribution >= 0.6 is 0 Å². The molecule has 0 rings (SSSR count). The van der Waals surface area contributed by atoms with E-state index in [1.54, 1.807) is 0 Å². The van der Waals surface area contributed by atoms with Crippen LogP contribution in [0.25, 0.3) is 0 Å². The summed E-state index contributed by atoms with van der Waals surface area (Å²) in [5.41, 5.74) is 2.09. The highest BCUT2D eigenvalue weighted by atomic mass is 32.2. The van der Waals surface area contributed by atoms with Crippen LogP contribution in [0, 0.1) is 0 Å². The molecule has 17 heavy (non-hydrogen) atoms. The summed E-state index contributed by atoms with van der Waals surface area (Å²) in [5.74, 6) is 5.00. The summed E-state index contributed by atoms with van der Waals surface area (Å²) in [6, 6.07) is 0. The number of amides is 1. The van der Waals surface area contributed by atoms with Crippen molar-refractivity contribution in [1.29, 1.82) is 0 Å². The topological polar surface area (TPSA) is 92.5 Å². The third-order valence-electron chi connectivity index (χ3n) is 2.45. The van der Waals surface area contributed by atoms with Crippen molar-refractivity contribution in [3.8, 4) is 0 Å². The third kappa shape index (κ3) is 11.6. The van der Waals surface area contributed by atoms with Gasteiger partial charge in [-0.25, -0.2) is 14.3 Å². The highest BCUT2D eigenvalue weighted by Crippen LogP contribution is 2.01. The van der Waals surface area contributed by atoms with Crippen molar-refractivity contribution in [1.82, 2.24) is 10.3 Å². The summed E-state index contributed by atoms with van der Waals surface area (Å²) in [4.78, 5) is 12.8. The Bertz CT molecular complexity index is 317. The summed E-state index contributed by atoms with van der Waals surface area (Å²) in [7, 11) is -0.977. The van der Waals surface area contributed by atoms with Crippen LogP contribution in [0.4, 0.5) is 0 Å². The number of unbranched alkanes of at least 4 members (excludes halogenated alkanes) is 2. The van der Waals surface area contributed by atoms with Crippen molar-refractivity contribution in [2.45, 2.75) is 25.7 Å². The van der Waals surface area contributed by atoms with E-state index in [4.69, 9.17) is 5.84 Å². The zero-order valence-electron chi connectivity index (χ0n) is 10.6. The maximum absolute atomic E-state index is 10.9. The van der Waals surface area contributed by atoms with Gasteiger partial charge in [-0.2, -0.15) is 0 Å². The van der Waals surface area contributed by atoms with Gasteiger partial charge in [-0.15, -0.1) is 0 Å². The molecule has 0 spiro atoms. The number of nitrogens with zero attached hydrogens (tertiary/aromatic N) is 1. The first-order chi connectivity index (χ1) is 7.85. The molecule has 0 atom stereocenters. The molecule has 6 nitrogen and oxygen atoms in total. The van der Waals surface area contributed by atoms with Crippen molar-refractivity contribution < 1.29 is 13.2 Å². The number of rotatable bonds is 9. The van der Waals surface area contributed by atoms with E-state index in [0.717, 1.165) is 25.8 Å². The van der Waals surface area contributed by atoms with E-state index in [0.29, 0.717) is 13.0 Å². The minimum Gasteiger partial charge on any atom is -0.305 e. The SMILES string of the molecule is CN(CCCCCC(=O)NN)CCS(C)(=O)=O. The fraction of sp³-hybridized carbons (Fsp3) is 0.900. The summed E-state index contributed by atoms with van der Waals surface area (Å²) >= 11 is 0. The van der Waals surface area contributed by atoms with E-state index in [1.165, 1.54) is 6.26 Å². The standard InChI is InChI=1S/C10H23N3O3S/c1-13(8-9-17(2,15)16)7-5-3-4-6-10(14)12-11/h3-9,11H2,1-2H3,(H,12,14). The van der Waals surface area contributed by atoms with Crippen molar-refractivity contribution in [2.75, 3.05) is 32.1 Å². The van der Waals surface area contributed by atoms with E-state index in [1.807, 2.05) is 11.9 Å². The molecule has 0 aromatic rings. The van der Waals surface area contributed by atoms with Crippen molar-refractivity contribution >= 4 is 15.7 Å². The zero-order chi connectivity index (χ0) is 13.3. The average Bonchev–Trinajstić information content (AvgIpc) is 2.24. The molecule has 7 heteroatoms. The molecule has 0 fully saturated rings. The lowest BCUT2D eigenvalue weighted by atomic mass is 10.2. The number of carbonyl (C=O) groups excluding carboxylic acids is 1. The largest absolute Gasteiger partial charge is 0.305 e. The van der Waals surface area contributed by atoms with Gasteiger partial charge in [0.25, 0.3) is 0 Å². The summed E-state index contributed by atoms with van der Waals surface area (Å²) in [5, 5.41) is 0. The first-order valence-electron chi connectivity index (χ1n) is 5.71. The van der Waals surface area contributed by atoms with E-state index >= 15 is 0 Å². The number of sulfone groups is 1. The lowest BCUT2D eigenvalue weighted by Crippen LogP contribution is -2.29. The Morgan fingerprint density at radius 2 is 1.88 bits per heavy atom. The van der Waals surface area contributed by atoms with Crippen LogP contribution < -0.4 is 11.3 Å². The predicted octanol–water partition coefficient (Wildman–Crippen LogP) is -0.487. The van der Waals surface area contributed by atoms with E-state index < -0.39 is 9.84 Å². The number of hydrazine groups is 1. The van der Waals surface area contributed by atoms with Gasteiger partial charge in [0.1, 0.15) is 9.84 Å². The number of nitrogens with one attached hydrogen (secondary N) is 1. The summed E-state index contributed by atoms with van der Waals surface area (Å²) < 4.78 is 21.9. The molecule has 0 aliphatic rings. The molecular weight excluding hydrogens is 242 g/mol. The Morgan fingerprint density at radius 3 is 2.41 bits per heavy atom. The van der Waals surface area contributed by atoms with Crippen LogP contribution in [0.15, 0.2) is 0 Å². The highest BCUT2D eigenvalue weighted by Gasteiger charge is 2.05. The molecule has 0 unspecified atom stereocenters. The van der Waals surface area contributed by atoms with Gasteiger partial charge in [0.05, 0.1) is 5.75 Å². The summed E-state index contributed by atoms with van der Waals surface area (Å²) in [6.45, 7) is 1.40. The van der Waals surface area contributed by atoms with E-state index in [2.05, 4.69) is 5.43 Å². The molecule has 1 amide bonds. The van der Waals surface area contributed by atoms with Crippen LogP contribution in [0.1, 0.15) is 25.7 Å². The lowest BCUT2D eigenvalue weighted by molar-refractivity contribution is -0.121. The first-order valence-corrected chi connectivity index (χ1v) is 7.77. The highest BCUT2D eigenvalue weighted by molar-refractivity contribution is 7.90. The van der Waals surface area contributed by atoms with Gasteiger partial charge in [0, 0.05) is 19.2 Å². The van der Waals surface area contributed by atoms with Gasteiger partial charge in [-0.1, -0.05) is 6.42 Å². The Hall–Kier alpha value is -0.660. The Labute approximate surface area is 103 Å². The predicted molar refractivity (Wildman–Crippen MR) is 68.0 cm³/mol. The molecule has 0 aliphatic heterocycles. The van der Waals surface area contributed by atoms with Crippen molar-refractivity contribution in [3.05, 3.63) is 0 Å². The maximum atomic E-state index is 10.9. The number of hydrogen-bond donors (Lipinski definition) is 2. The van der Waals surface area contributed by atoms with Crippen LogP contribution in [-0.2, 0) is 14.6 Å². The Kier molecular flexibility index (Phi) is 8.11. The quantitative estimate of drug-likeness (QED) is 0.254. The molecule has 0 heterocycles. The molecule has 0 aromatic carbocycles. The Balaban J connectivity index is 3.45. The van der Waals surface area contributed by atoms with Crippen molar-refractivity contribution in [3.63, 3.8) is 0 Å². The fourth-order valence-corrected chi connectivity index (χ4v) is 1.99. The second kappa shape index (κ2) is 8.43. The van der Waals surface area contributed by atoms with Gasteiger partial charge >= 0.3 is 0 Å². The fourth-order valence-electron chi connectivity index (χ4n) is 1.35. The van der Waals surface area contributed by atoms with Gasteiger partial charge in [0.15, 0.2) is 0 Å². The van der Waals surface area contributed by atoms with E-state index in [9.17, 15) is 13.2 Å². The van der Waals surface area contributed by atoms with Gasteiger partial charge in [-0.3, -0.25) is 10.2 Å². The van der Waals surface area contributed by atoms with Gasteiger partial charge < -0.3 is 4.90 Å². The van der Waals surface area contributed by atoms with Crippen LogP contribution in [-0.4, -0.2) is 51.4 Å².